The van der Waals surface area contributed by atoms with Crippen LogP contribution in [-0.2, 0) is 4.74 Å². The van der Waals surface area contributed by atoms with Gasteiger partial charge in [0.15, 0.2) is 5.76 Å². The van der Waals surface area contributed by atoms with Gasteiger partial charge in [0.2, 0.25) is 0 Å². The lowest BCUT2D eigenvalue weighted by Crippen LogP contribution is -2.48. The summed E-state index contributed by atoms with van der Waals surface area (Å²) in [7, 11) is 0. The molecule has 3 amide bonds. The molecule has 2 aromatic heterocycles. The number of urea groups is 1. The zero-order chi connectivity index (χ0) is 16.8. The molecule has 24 heavy (non-hydrogen) atoms. The molecule has 2 N–H and O–H groups in total. The Balaban J connectivity index is 1.39. The molecule has 7 nitrogen and oxygen atoms in total. The fourth-order valence-corrected chi connectivity index (χ4v) is 3.20. The number of carbonyl (C=O) groups excluding carboxylic acids is 2. The van der Waals surface area contributed by atoms with E-state index >= 15 is 0 Å². The maximum Gasteiger partial charge on any atom is 0.317 e. The van der Waals surface area contributed by atoms with Crippen molar-refractivity contribution in [3.63, 3.8) is 0 Å². The quantitative estimate of drug-likeness (QED) is 0.807. The summed E-state index contributed by atoms with van der Waals surface area (Å²) >= 11 is 1.63. The number of hydrogen-bond donors (Lipinski definition) is 2. The third-order valence-corrected chi connectivity index (χ3v) is 4.61. The van der Waals surface area contributed by atoms with Gasteiger partial charge in [0.1, 0.15) is 6.10 Å². The first-order valence-corrected chi connectivity index (χ1v) is 8.61. The average Bonchev–Trinajstić information content (AvgIpc) is 3.32. The molecule has 0 aliphatic carbocycles. The maximum absolute atomic E-state index is 12.2. The maximum atomic E-state index is 12.2. The zero-order valence-corrected chi connectivity index (χ0v) is 13.9. The highest BCUT2D eigenvalue weighted by Crippen LogP contribution is 2.25. The molecule has 0 unspecified atom stereocenters. The van der Waals surface area contributed by atoms with Crippen molar-refractivity contribution in [2.24, 2.45) is 0 Å². The number of morpholine rings is 1. The minimum atomic E-state index is -0.293. The highest BCUT2D eigenvalue weighted by molar-refractivity contribution is 7.10. The number of nitrogens with one attached hydrogen (secondary N) is 2. The van der Waals surface area contributed by atoms with Crippen molar-refractivity contribution in [3.8, 4) is 0 Å². The summed E-state index contributed by atoms with van der Waals surface area (Å²) in [6, 6.07) is 7.09. The number of nitrogens with zero attached hydrogens (tertiary/aromatic N) is 1. The first kappa shape index (κ1) is 16.5. The second kappa shape index (κ2) is 7.98. The normalized spacial score (nSPS) is 17.5. The first-order valence-electron chi connectivity index (χ1n) is 7.73. The Labute approximate surface area is 143 Å². The molecule has 0 aromatic carbocycles. The van der Waals surface area contributed by atoms with Gasteiger partial charge in [-0.2, -0.15) is 0 Å². The van der Waals surface area contributed by atoms with Gasteiger partial charge >= 0.3 is 6.03 Å². The lowest BCUT2D eigenvalue weighted by atomic mass is 10.2. The van der Waals surface area contributed by atoms with E-state index in [9.17, 15) is 9.59 Å². The molecule has 3 heterocycles. The predicted octanol–water partition coefficient (Wildman–Crippen LogP) is 1.85. The van der Waals surface area contributed by atoms with Crippen molar-refractivity contribution in [1.29, 1.82) is 0 Å². The van der Waals surface area contributed by atoms with Crippen molar-refractivity contribution < 1.29 is 18.7 Å². The van der Waals surface area contributed by atoms with Gasteiger partial charge in [0, 0.05) is 24.5 Å². The average molecular weight is 349 g/mol. The number of furan rings is 1. The molecule has 0 spiro atoms. The molecule has 1 atom stereocenters. The third kappa shape index (κ3) is 4.15. The Bertz CT molecular complexity index is 657. The van der Waals surface area contributed by atoms with Gasteiger partial charge in [0.25, 0.3) is 5.91 Å². The second-order valence-corrected chi connectivity index (χ2v) is 6.27. The van der Waals surface area contributed by atoms with Gasteiger partial charge in [-0.25, -0.2) is 4.79 Å². The van der Waals surface area contributed by atoms with Gasteiger partial charge in [0.05, 0.1) is 19.4 Å². The van der Waals surface area contributed by atoms with Crippen molar-refractivity contribution in [2.75, 3.05) is 32.8 Å². The number of carbonyl (C=O) groups is 2. The number of amides is 3. The molecule has 0 radical (unpaired) electrons. The minimum absolute atomic E-state index is 0.0665. The standard InChI is InChI=1S/C16H19N3O4S/c20-15(12-3-1-8-22-12)17-5-6-18-16(21)19-7-9-23-13(11-19)14-4-2-10-24-14/h1-4,8,10,13H,5-7,9,11H2,(H,17,20)(H,18,21)/t13-/m0/s1. The highest BCUT2D eigenvalue weighted by atomic mass is 32.1. The Morgan fingerprint density at radius 1 is 1.25 bits per heavy atom. The van der Waals surface area contributed by atoms with Gasteiger partial charge in [-0.05, 0) is 23.6 Å². The lowest BCUT2D eigenvalue weighted by molar-refractivity contribution is -0.0135. The summed E-state index contributed by atoms with van der Waals surface area (Å²) in [5, 5.41) is 7.49. The first-order chi connectivity index (χ1) is 11.7. The second-order valence-electron chi connectivity index (χ2n) is 5.29. The van der Waals surface area contributed by atoms with Crippen LogP contribution in [0.5, 0.6) is 0 Å². The topological polar surface area (TPSA) is 83.8 Å². The Hall–Kier alpha value is -2.32. The number of thiophene rings is 1. The SMILES string of the molecule is O=C(NCCNC(=O)N1CCO[C@H](c2cccs2)C1)c1ccco1. The molecule has 1 saturated heterocycles. The van der Waals surface area contributed by atoms with E-state index in [0.29, 0.717) is 32.8 Å². The van der Waals surface area contributed by atoms with Gasteiger partial charge in [-0.15, -0.1) is 11.3 Å². The number of hydrogen-bond acceptors (Lipinski definition) is 5. The molecule has 1 aliphatic rings. The molecule has 3 rings (SSSR count). The monoisotopic (exact) mass is 349 g/mol. The van der Waals surface area contributed by atoms with Crippen LogP contribution in [0.1, 0.15) is 21.5 Å². The molecule has 1 fully saturated rings. The van der Waals surface area contributed by atoms with Gasteiger partial charge in [-0.1, -0.05) is 6.07 Å². The Morgan fingerprint density at radius 3 is 2.88 bits per heavy atom. The lowest BCUT2D eigenvalue weighted by Gasteiger charge is -2.32. The zero-order valence-electron chi connectivity index (χ0n) is 13.1. The summed E-state index contributed by atoms with van der Waals surface area (Å²) in [6.45, 7) is 2.30. The van der Waals surface area contributed by atoms with Crippen LogP contribution in [-0.4, -0.2) is 49.6 Å². The van der Waals surface area contributed by atoms with Crippen molar-refractivity contribution >= 4 is 23.3 Å². The summed E-state index contributed by atoms with van der Waals surface area (Å²) in [4.78, 5) is 26.8. The van der Waals surface area contributed by atoms with Crippen LogP contribution in [0.2, 0.25) is 0 Å². The predicted molar refractivity (Wildman–Crippen MR) is 89.0 cm³/mol. The van der Waals surface area contributed by atoms with Crippen LogP contribution in [0.25, 0.3) is 0 Å². The largest absolute Gasteiger partial charge is 0.459 e. The molecule has 128 valence electrons. The van der Waals surface area contributed by atoms with E-state index in [1.54, 1.807) is 28.4 Å². The van der Waals surface area contributed by atoms with Gasteiger partial charge in [-0.3, -0.25) is 4.79 Å². The van der Waals surface area contributed by atoms with E-state index in [-0.39, 0.29) is 23.8 Å². The van der Waals surface area contributed by atoms with Crippen LogP contribution >= 0.6 is 11.3 Å². The summed E-state index contributed by atoms with van der Waals surface area (Å²) in [6.07, 6.45) is 1.38. The summed E-state index contributed by atoms with van der Waals surface area (Å²) < 4.78 is 10.7. The smallest absolute Gasteiger partial charge is 0.317 e. The van der Waals surface area contributed by atoms with Crippen molar-refractivity contribution in [3.05, 3.63) is 46.5 Å². The molecule has 8 heteroatoms. The van der Waals surface area contributed by atoms with Crippen LogP contribution in [0.15, 0.2) is 40.3 Å². The summed E-state index contributed by atoms with van der Waals surface area (Å²) in [5.74, 6) is -0.0355. The fourth-order valence-electron chi connectivity index (χ4n) is 2.43. The Kier molecular flexibility index (Phi) is 5.50. The Morgan fingerprint density at radius 2 is 2.12 bits per heavy atom. The van der Waals surface area contributed by atoms with Crippen LogP contribution in [0.3, 0.4) is 0 Å². The number of ether oxygens (including phenoxy) is 1. The summed E-state index contributed by atoms with van der Waals surface area (Å²) in [5.41, 5.74) is 0. The highest BCUT2D eigenvalue weighted by Gasteiger charge is 2.25. The third-order valence-electron chi connectivity index (χ3n) is 3.65. The molecule has 0 bridgehead atoms. The van der Waals surface area contributed by atoms with E-state index in [4.69, 9.17) is 9.15 Å². The van der Waals surface area contributed by atoms with Crippen LogP contribution in [0.4, 0.5) is 4.79 Å². The molecule has 2 aromatic rings. The van der Waals surface area contributed by atoms with E-state index < -0.39 is 0 Å². The number of rotatable bonds is 5. The van der Waals surface area contributed by atoms with E-state index in [0.717, 1.165) is 4.88 Å². The molecule has 0 saturated carbocycles. The van der Waals surface area contributed by atoms with Gasteiger partial charge < -0.3 is 24.7 Å². The van der Waals surface area contributed by atoms with Crippen molar-refractivity contribution in [1.82, 2.24) is 15.5 Å². The molecular weight excluding hydrogens is 330 g/mol. The molecule has 1 aliphatic heterocycles. The van der Waals surface area contributed by atoms with E-state index in [1.165, 1.54) is 6.26 Å². The van der Waals surface area contributed by atoms with E-state index in [2.05, 4.69) is 10.6 Å². The van der Waals surface area contributed by atoms with Crippen LogP contribution in [0, 0.1) is 0 Å². The minimum Gasteiger partial charge on any atom is -0.459 e. The van der Waals surface area contributed by atoms with Crippen molar-refractivity contribution in [2.45, 2.75) is 6.10 Å². The van der Waals surface area contributed by atoms with E-state index in [1.807, 2.05) is 17.5 Å². The van der Waals surface area contributed by atoms with Crippen LogP contribution < -0.4 is 10.6 Å². The fraction of sp³-hybridized carbons (Fsp3) is 0.375. The molecular formula is C16H19N3O4S.